The summed E-state index contributed by atoms with van der Waals surface area (Å²) in [6.07, 6.45) is 0.821. The van der Waals surface area contributed by atoms with Crippen molar-refractivity contribution in [1.29, 1.82) is 0 Å². The quantitative estimate of drug-likeness (QED) is 0.733. The van der Waals surface area contributed by atoms with Gasteiger partial charge in [-0.25, -0.2) is 8.42 Å². The zero-order valence-corrected chi connectivity index (χ0v) is 14.9. The molecule has 4 nitrogen and oxygen atoms in total. The molecule has 0 saturated heterocycles. The van der Waals surface area contributed by atoms with Crippen molar-refractivity contribution in [3.05, 3.63) is 27.7 Å². The Morgan fingerprint density at radius 3 is 2.33 bits per heavy atom. The number of halogens is 3. The summed E-state index contributed by atoms with van der Waals surface area (Å²) in [4.78, 5) is 13.5. The van der Waals surface area contributed by atoms with E-state index in [1.54, 1.807) is 7.05 Å². The molecule has 0 atom stereocenters. The smallest absolute Gasteiger partial charge is 0.262 e. The third kappa shape index (κ3) is 5.02. The SMILES string of the molecule is CC(C)CCN(C)C(=O)c1cc(Cl)cc(S(=O)(=O)Cl)c1Cl. The molecule has 0 heterocycles. The average molecular weight is 373 g/mol. The second kappa shape index (κ2) is 7.18. The third-order valence-corrected chi connectivity index (χ3v) is 4.97. The van der Waals surface area contributed by atoms with Gasteiger partial charge < -0.3 is 4.90 Å². The summed E-state index contributed by atoms with van der Waals surface area (Å²) in [5, 5.41) is -0.130. The van der Waals surface area contributed by atoms with Crippen LogP contribution in [0.2, 0.25) is 10.0 Å². The van der Waals surface area contributed by atoms with Gasteiger partial charge in [-0.3, -0.25) is 4.79 Å². The molecule has 0 aliphatic carbocycles. The fourth-order valence-electron chi connectivity index (χ4n) is 1.66. The second-order valence-corrected chi connectivity index (χ2v) is 8.46. The van der Waals surface area contributed by atoms with E-state index in [0.717, 1.165) is 12.5 Å². The molecule has 0 radical (unpaired) electrons. The zero-order valence-electron chi connectivity index (χ0n) is 11.9. The number of nitrogens with zero attached hydrogens (tertiary/aromatic N) is 1. The Labute approximate surface area is 139 Å². The maximum atomic E-state index is 12.4. The van der Waals surface area contributed by atoms with Crippen molar-refractivity contribution in [1.82, 2.24) is 4.90 Å². The van der Waals surface area contributed by atoms with Crippen LogP contribution in [0.15, 0.2) is 17.0 Å². The maximum Gasteiger partial charge on any atom is 0.262 e. The summed E-state index contributed by atoms with van der Waals surface area (Å²) in [6, 6.07) is 2.46. The molecule has 0 unspecified atom stereocenters. The van der Waals surface area contributed by atoms with Crippen LogP contribution in [0.3, 0.4) is 0 Å². The largest absolute Gasteiger partial charge is 0.342 e. The van der Waals surface area contributed by atoms with E-state index in [-0.39, 0.29) is 20.5 Å². The normalized spacial score (nSPS) is 11.8. The van der Waals surface area contributed by atoms with Gasteiger partial charge in [0, 0.05) is 29.3 Å². The first-order chi connectivity index (χ1) is 9.54. The lowest BCUT2D eigenvalue weighted by Gasteiger charge is -2.19. The summed E-state index contributed by atoms with van der Waals surface area (Å²) in [7, 11) is 2.84. The van der Waals surface area contributed by atoms with E-state index in [2.05, 4.69) is 0 Å². The summed E-state index contributed by atoms with van der Waals surface area (Å²) >= 11 is 11.8. The van der Waals surface area contributed by atoms with Gasteiger partial charge in [-0.2, -0.15) is 0 Å². The molecule has 1 amide bonds. The Balaban J connectivity index is 3.19. The molecule has 8 heteroatoms. The van der Waals surface area contributed by atoms with Crippen molar-refractivity contribution < 1.29 is 13.2 Å². The van der Waals surface area contributed by atoms with Gasteiger partial charge in [0.25, 0.3) is 15.0 Å². The van der Waals surface area contributed by atoms with Crippen molar-refractivity contribution in [2.45, 2.75) is 25.2 Å². The van der Waals surface area contributed by atoms with E-state index in [9.17, 15) is 13.2 Å². The minimum Gasteiger partial charge on any atom is -0.342 e. The lowest BCUT2D eigenvalue weighted by molar-refractivity contribution is 0.0789. The predicted octanol–water partition coefficient (Wildman–Crippen LogP) is 4.04. The van der Waals surface area contributed by atoms with Gasteiger partial charge >= 0.3 is 0 Å². The van der Waals surface area contributed by atoms with Gasteiger partial charge in [0.2, 0.25) is 0 Å². The van der Waals surface area contributed by atoms with Crippen LogP contribution in [-0.4, -0.2) is 32.8 Å². The van der Waals surface area contributed by atoms with Crippen LogP contribution in [0.25, 0.3) is 0 Å². The first-order valence-corrected chi connectivity index (χ1v) is 9.29. The number of carbonyl (C=O) groups is 1. The molecule has 0 aliphatic rings. The molecule has 0 spiro atoms. The van der Waals surface area contributed by atoms with E-state index >= 15 is 0 Å². The number of amides is 1. The highest BCUT2D eigenvalue weighted by Gasteiger charge is 2.24. The van der Waals surface area contributed by atoms with Gasteiger partial charge in [-0.1, -0.05) is 37.0 Å². The Morgan fingerprint density at radius 2 is 1.86 bits per heavy atom. The van der Waals surface area contributed by atoms with Crippen LogP contribution < -0.4 is 0 Å². The lowest BCUT2D eigenvalue weighted by atomic mass is 10.1. The highest BCUT2D eigenvalue weighted by molar-refractivity contribution is 8.13. The van der Waals surface area contributed by atoms with Crippen LogP contribution in [0.4, 0.5) is 0 Å². The average Bonchev–Trinajstić information content (AvgIpc) is 2.36. The Morgan fingerprint density at radius 1 is 1.29 bits per heavy atom. The summed E-state index contributed by atoms with van der Waals surface area (Å²) < 4.78 is 22.9. The molecular weight excluding hydrogens is 357 g/mol. The molecule has 0 aromatic heterocycles. The molecule has 1 rings (SSSR count). The number of hydrogen-bond acceptors (Lipinski definition) is 3. The molecule has 0 saturated carbocycles. The second-order valence-electron chi connectivity index (χ2n) is 5.11. The van der Waals surface area contributed by atoms with Gasteiger partial charge in [-0.15, -0.1) is 0 Å². The van der Waals surface area contributed by atoms with E-state index in [1.165, 1.54) is 11.0 Å². The molecule has 1 aromatic rings. The number of benzene rings is 1. The van der Waals surface area contributed by atoms with Crippen molar-refractivity contribution in [3.63, 3.8) is 0 Å². The highest BCUT2D eigenvalue weighted by Crippen LogP contribution is 2.32. The molecule has 0 fully saturated rings. The van der Waals surface area contributed by atoms with Gasteiger partial charge in [0.05, 0.1) is 10.6 Å². The summed E-state index contributed by atoms with van der Waals surface area (Å²) in [5.74, 6) is 0.0404. The first kappa shape index (κ1) is 18.6. The monoisotopic (exact) mass is 371 g/mol. The van der Waals surface area contributed by atoms with Crippen LogP contribution in [0.5, 0.6) is 0 Å². The molecule has 0 aliphatic heterocycles. The van der Waals surface area contributed by atoms with Crippen molar-refractivity contribution in [3.8, 4) is 0 Å². The van der Waals surface area contributed by atoms with Crippen LogP contribution in [0, 0.1) is 5.92 Å². The molecule has 0 bridgehead atoms. The van der Waals surface area contributed by atoms with E-state index in [1.807, 2.05) is 13.8 Å². The number of rotatable bonds is 5. The van der Waals surface area contributed by atoms with Gasteiger partial charge in [0.15, 0.2) is 0 Å². The third-order valence-electron chi connectivity index (χ3n) is 2.89. The number of carbonyl (C=O) groups excluding carboxylic acids is 1. The Hall–Kier alpha value is -0.490. The molecule has 1 aromatic carbocycles. The van der Waals surface area contributed by atoms with E-state index in [0.29, 0.717) is 12.5 Å². The predicted molar refractivity (Wildman–Crippen MR) is 85.9 cm³/mol. The molecule has 118 valence electrons. The summed E-state index contributed by atoms with van der Waals surface area (Å²) in [6.45, 7) is 4.62. The van der Waals surface area contributed by atoms with Crippen LogP contribution >= 0.6 is 33.9 Å². The number of hydrogen-bond donors (Lipinski definition) is 0. The van der Waals surface area contributed by atoms with E-state index < -0.39 is 15.0 Å². The van der Waals surface area contributed by atoms with Gasteiger partial charge in [-0.05, 0) is 24.5 Å². The topological polar surface area (TPSA) is 54.5 Å². The van der Waals surface area contributed by atoms with Crippen LogP contribution in [0.1, 0.15) is 30.6 Å². The minimum atomic E-state index is -4.08. The van der Waals surface area contributed by atoms with E-state index in [4.69, 9.17) is 33.9 Å². The Kier molecular flexibility index (Phi) is 6.35. The van der Waals surface area contributed by atoms with Gasteiger partial charge in [0.1, 0.15) is 4.90 Å². The Bertz CT molecular complexity index is 644. The van der Waals surface area contributed by atoms with Crippen molar-refractivity contribution >= 4 is 48.8 Å². The van der Waals surface area contributed by atoms with Crippen molar-refractivity contribution in [2.24, 2.45) is 5.92 Å². The molecule has 0 N–H and O–H groups in total. The lowest BCUT2D eigenvalue weighted by Crippen LogP contribution is -2.29. The van der Waals surface area contributed by atoms with Crippen molar-refractivity contribution in [2.75, 3.05) is 13.6 Å². The fourth-order valence-corrected chi connectivity index (χ4v) is 3.51. The molecular formula is C13H16Cl3NO3S. The first-order valence-electron chi connectivity index (χ1n) is 6.23. The fraction of sp³-hybridized carbons (Fsp3) is 0.462. The zero-order chi connectivity index (χ0) is 16.4. The van der Waals surface area contributed by atoms with Crippen LogP contribution in [-0.2, 0) is 9.05 Å². The standard InChI is InChI=1S/C13H16Cl3NO3S/c1-8(2)4-5-17(3)13(18)10-6-9(14)7-11(12(10)15)21(16,19)20/h6-8H,4-5H2,1-3H3. The maximum absolute atomic E-state index is 12.4. The summed E-state index contributed by atoms with van der Waals surface area (Å²) in [5.41, 5.74) is 0.0228. The minimum absolute atomic E-state index is 0.0228. The molecule has 21 heavy (non-hydrogen) atoms. The highest BCUT2D eigenvalue weighted by atomic mass is 35.7.